The first-order chi connectivity index (χ1) is 22.2. The molecule has 0 aromatic carbocycles. The Labute approximate surface area is 646 Å². The van der Waals surface area contributed by atoms with E-state index in [1.165, 1.54) is 0 Å². The van der Waals surface area contributed by atoms with Gasteiger partial charge in [-0.3, -0.25) is 0 Å². The van der Waals surface area contributed by atoms with Gasteiger partial charge in [-0.05, 0) is 0 Å². The van der Waals surface area contributed by atoms with Gasteiger partial charge < -0.3 is 123 Å². The van der Waals surface area contributed by atoms with Crippen LogP contribution in [-0.2, 0) is 0 Å². The fourth-order valence-electron chi connectivity index (χ4n) is 2.68. The molecule has 0 saturated heterocycles. The molecule has 0 fully saturated rings. The summed E-state index contributed by atoms with van der Waals surface area (Å²) < 4.78 is 0. The molecule has 0 aromatic rings. The predicted octanol–water partition coefficient (Wildman–Crippen LogP) is -14.3. The molecule has 0 spiro atoms. The van der Waals surface area contributed by atoms with E-state index in [1.54, 1.807) is 0 Å². The third kappa shape index (κ3) is 47.9. The van der Waals surface area contributed by atoms with Crippen molar-refractivity contribution in [3.8, 4) is 0 Å². The van der Waals surface area contributed by atoms with Crippen LogP contribution in [0.3, 0.4) is 0 Å². The van der Waals surface area contributed by atoms with Crippen LogP contribution < -0.4 is 0 Å². The molecule has 0 aromatic heterocycles. The first-order valence-corrected chi connectivity index (χ1v) is 13.9. The normalized spacial score (nSPS) is 18.4. The van der Waals surface area contributed by atoms with E-state index in [-0.39, 0.29) is 391 Å². The van der Waals surface area contributed by atoms with Gasteiger partial charge in [0.15, 0.2) is 0 Å². The molecule has 56 heavy (non-hydrogen) atoms. The second-order valence-electron chi connectivity index (χ2n) is 9.92. The largest absolute Gasteiger partial charge is 0.394 e. The summed E-state index contributed by atoms with van der Waals surface area (Å²) in [5.41, 5.74) is 0. The van der Waals surface area contributed by atoms with Gasteiger partial charge >= 0.3 is 0 Å². The third-order valence-corrected chi connectivity index (χ3v) is 6.05. The molecule has 0 saturated carbocycles. The van der Waals surface area contributed by atoms with E-state index in [1.807, 2.05) is 0 Å². The van der Waals surface area contributed by atoms with Crippen LogP contribution in [0.5, 0.6) is 0 Å². The zero-order chi connectivity index (χ0) is 38.9. The van der Waals surface area contributed by atoms with Gasteiger partial charge in [0, 0.05) is 391 Å². The Morgan fingerprint density at radius 2 is 0.214 bits per heavy atom. The van der Waals surface area contributed by atoms with E-state index in [2.05, 4.69) is 0 Å². The molecule has 0 bridgehead atoms. The van der Waals surface area contributed by atoms with Crippen LogP contribution in [0.4, 0.5) is 0 Å². The number of aliphatic hydroxyl groups excluding tert-OH is 24. The van der Waals surface area contributed by atoms with Crippen molar-refractivity contribution < 1.29 is 514 Å². The fraction of sp³-hybridized carbons (Fsp3) is 1.00. The topological polar surface area (TPSA) is 486 Å². The second-order valence-corrected chi connectivity index (χ2v) is 9.92. The van der Waals surface area contributed by atoms with Crippen molar-refractivity contribution in [1.29, 1.82) is 0 Å². The monoisotopic (exact) mass is 1780 g/mol. The van der Waals surface area contributed by atoms with Crippen molar-refractivity contribution in [1.82, 2.24) is 0 Å². The molecule has 0 radical (unpaired) electrons. The minimum atomic E-state index is -1.67. The van der Waals surface area contributed by atoms with Gasteiger partial charge in [0.05, 0.1) is 52.9 Å². The van der Waals surface area contributed by atoms with Gasteiger partial charge in [-0.2, -0.15) is 0 Å². The molecule has 0 amide bonds. The SMILES string of the molecule is OC[C@@H](O)[C@@H](O)[C@H](O)[C@H](O)CO.OC[C@@H](O)[C@@H](O)[C@H](O)[C@H](O)CO.OC[C@@H](O)[C@@H](O)[C@H](O)[C@H](O)CO.OC[C@@H](O)[C@@H](O)[C@H](O)[C@H](O)CO.[Xe].[Xe].[Xe].[Xe].[Xe].[Xe].[Xe].[Xe]. The molecule has 24 N–H and O–H groups in total. The number of aliphatic hydroxyl groups is 24. The fourth-order valence-corrected chi connectivity index (χ4v) is 2.68. The van der Waals surface area contributed by atoms with Gasteiger partial charge in [-0.15, -0.1) is 0 Å². The summed E-state index contributed by atoms with van der Waals surface area (Å²) in [7, 11) is 0. The number of hydrogen-bond acceptors (Lipinski definition) is 24. The average molecular weight is 1780 g/mol. The van der Waals surface area contributed by atoms with Crippen molar-refractivity contribution in [2.24, 2.45) is 0 Å². The zero-order valence-corrected chi connectivity index (χ0v) is 44.6. The molecule has 0 aliphatic carbocycles. The van der Waals surface area contributed by atoms with Crippen molar-refractivity contribution in [2.75, 3.05) is 52.9 Å². The predicted molar refractivity (Wildman–Crippen MR) is 153 cm³/mol. The van der Waals surface area contributed by atoms with E-state index in [9.17, 15) is 0 Å². The van der Waals surface area contributed by atoms with Gasteiger partial charge in [0.2, 0.25) is 0 Å². The summed E-state index contributed by atoms with van der Waals surface area (Å²) in [6.45, 7) is -5.81. The van der Waals surface area contributed by atoms with Crippen LogP contribution in [0.1, 0.15) is 0 Å². The summed E-state index contributed by atoms with van der Waals surface area (Å²) in [5, 5.41) is 209. The van der Waals surface area contributed by atoms with Crippen molar-refractivity contribution in [2.45, 2.75) is 97.7 Å². The maximum absolute atomic E-state index is 8.96. The number of hydrogen-bond donors (Lipinski definition) is 24. The maximum atomic E-state index is 8.96. The minimum Gasteiger partial charge on any atom is -0.394 e. The van der Waals surface area contributed by atoms with Crippen LogP contribution in [-0.4, -0.2) is 273 Å². The molecule has 0 heterocycles. The first-order valence-electron chi connectivity index (χ1n) is 13.9. The van der Waals surface area contributed by atoms with Gasteiger partial charge in [0.1, 0.15) is 97.7 Å². The number of rotatable bonds is 20. The van der Waals surface area contributed by atoms with E-state index in [0.29, 0.717) is 0 Å². The Morgan fingerprint density at radius 1 is 0.161 bits per heavy atom. The molecule has 16 atom stereocenters. The molecule has 360 valence electrons. The zero-order valence-electron chi connectivity index (χ0n) is 28.5. The quantitative estimate of drug-likeness (QED) is 0.0538. The van der Waals surface area contributed by atoms with Crippen LogP contribution in [0.2, 0.25) is 0 Å². The summed E-state index contributed by atoms with van der Waals surface area (Å²) in [6, 6.07) is 0. The Bertz CT molecular complexity index is 564. The van der Waals surface area contributed by atoms with Crippen LogP contribution in [0.25, 0.3) is 0 Å². The van der Waals surface area contributed by atoms with Gasteiger partial charge in [0.25, 0.3) is 0 Å². The summed E-state index contributed by atoms with van der Waals surface area (Å²) in [5.74, 6) is 0. The third-order valence-electron chi connectivity index (χ3n) is 6.05. The van der Waals surface area contributed by atoms with Crippen LogP contribution >= 0.6 is 0 Å². The Balaban J connectivity index is -0.0000000440. The molecule has 0 aliphatic rings. The standard InChI is InChI=1S/4C6H14O6.8Xe/c4*7-1-3(9)5(11)6(12)4(10)2-8;;;;;;;;/h4*3-12H,1-2H2;;;;;;;;/t4*3-,4-,5-,6-;;;;;;;;/m1111......../s1. The Hall–Kier alpha value is 11.6. The van der Waals surface area contributed by atoms with Crippen molar-refractivity contribution >= 4 is 0 Å². The molecule has 32 heteroatoms. The van der Waals surface area contributed by atoms with Crippen molar-refractivity contribution in [3.63, 3.8) is 0 Å². The van der Waals surface area contributed by atoms with Crippen LogP contribution in [0, 0.1) is 391 Å². The van der Waals surface area contributed by atoms with Gasteiger partial charge in [-0.1, -0.05) is 0 Å². The molecule has 0 unspecified atom stereocenters. The Morgan fingerprint density at radius 3 is 0.250 bits per heavy atom. The second kappa shape index (κ2) is 62.7. The van der Waals surface area contributed by atoms with E-state index >= 15 is 0 Å². The van der Waals surface area contributed by atoms with E-state index < -0.39 is 151 Å². The summed E-state index contributed by atoms with van der Waals surface area (Å²) in [4.78, 5) is 0. The minimum absolute atomic E-state index is 0. The average Bonchev–Trinajstić information content (AvgIpc) is 3.12. The molecular weight excluding hydrogens is 1720 g/mol. The maximum Gasteiger partial charge on any atom is 0.111 e. The molecule has 24 nitrogen and oxygen atoms in total. The Kier molecular flexibility index (Phi) is 109. The summed E-state index contributed by atoms with van der Waals surface area (Å²) in [6.07, 6.45) is -25.6. The van der Waals surface area contributed by atoms with Gasteiger partial charge in [-0.25, -0.2) is 0 Å². The van der Waals surface area contributed by atoms with Crippen LogP contribution in [0.15, 0.2) is 0 Å². The molecule has 0 aliphatic heterocycles. The van der Waals surface area contributed by atoms with E-state index in [4.69, 9.17) is 123 Å². The first kappa shape index (κ1) is 97.0. The summed E-state index contributed by atoms with van der Waals surface area (Å²) >= 11 is 0. The molecule has 0 rings (SSSR count). The smallest absolute Gasteiger partial charge is 0.111 e. The molecular formula is C24H56O24Xe8. The van der Waals surface area contributed by atoms with Crippen molar-refractivity contribution in [3.05, 3.63) is 0 Å². The van der Waals surface area contributed by atoms with E-state index in [0.717, 1.165) is 0 Å².